The molecule has 1 unspecified atom stereocenters. The van der Waals surface area contributed by atoms with Crippen LogP contribution in [0.15, 0.2) is 0 Å². The number of morpholine rings is 1. The molecule has 0 bridgehead atoms. The van der Waals surface area contributed by atoms with Gasteiger partial charge in [0, 0.05) is 37.9 Å². The summed E-state index contributed by atoms with van der Waals surface area (Å²) in [5.41, 5.74) is 3.60. The van der Waals surface area contributed by atoms with E-state index in [1.165, 1.54) is 11.3 Å². The van der Waals surface area contributed by atoms with Crippen LogP contribution in [0.25, 0.3) is 0 Å². The molecular weight excluding hydrogens is 216 g/mol. The Morgan fingerprint density at radius 1 is 1.41 bits per heavy atom. The molecule has 2 saturated heterocycles. The summed E-state index contributed by atoms with van der Waals surface area (Å²) >= 11 is 0. The summed E-state index contributed by atoms with van der Waals surface area (Å²) in [6.07, 6.45) is 0. The van der Waals surface area contributed by atoms with Gasteiger partial charge in [0.2, 0.25) is 0 Å². The van der Waals surface area contributed by atoms with E-state index in [0.717, 1.165) is 31.9 Å². The normalized spacial score (nSPS) is 27.1. The molecule has 0 amide bonds. The maximum Gasteiger partial charge on any atom is 0.112 e. The van der Waals surface area contributed by atoms with Gasteiger partial charge in [-0.15, -0.1) is 0 Å². The number of nitrogens with one attached hydrogen (secondary N) is 2. The Morgan fingerprint density at radius 3 is 2.71 bits per heavy atom. The standard InChI is InChI=1S/C12H20N4O/c1-8-10(9(2)16(3)15-8)11-12(6-13-7-12)17-5-4-14-11/h11,13-14H,4-7H2,1-3H3. The maximum atomic E-state index is 6.03. The van der Waals surface area contributed by atoms with Crippen LogP contribution in [0, 0.1) is 13.8 Å². The molecule has 1 atom stereocenters. The van der Waals surface area contributed by atoms with Crippen molar-refractivity contribution in [3.05, 3.63) is 17.0 Å². The zero-order valence-electron chi connectivity index (χ0n) is 10.7. The molecule has 2 N–H and O–H groups in total. The van der Waals surface area contributed by atoms with Crippen LogP contribution >= 0.6 is 0 Å². The fourth-order valence-electron chi connectivity index (χ4n) is 2.98. The monoisotopic (exact) mass is 236 g/mol. The highest BCUT2D eigenvalue weighted by molar-refractivity contribution is 5.33. The third-order valence-electron chi connectivity index (χ3n) is 4.07. The van der Waals surface area contributed by atoms with E-state index in [-0.39, 0.29) is 11.6 Å². The first-order valence-corrected chi connectivity index (χ1v) is 6.22. The van der Waals surface area contributed by atoms with Gasteiger partial charge in [0.05, 0.1) is 18.3 Å². The van der Waals surface area contributed by atoms with Crippen LogP contribution in [0.3, 0.4) is 0 Å². The van der Waals surface area contributed by atoms with Crippen LogP contribution in [-0.4, -0.2) is 41.6 Å². The SMILES string of the molecule is Cc1nn(C)c(C)c1C1NCCOC12CNC2. The average molecular weight is 236 g/mol. The summed E-state index contributed by atoms with van der Waals surface area (Å²) in [5, 5.41) is 11.4. The highest BCUT2D eigenvalue weighted by atomic mass is 16.5. The third kappa shape index (κ3) is 1.53. The van der Waals surface area contributed by atoms with Crippen LogP contribution < -0.4 is 10.6 Å². The topological polar surface area (TPSA) is 51.1 Å². The van der Waals surface area contributed by atoms with Gasteiger partial charge in [0.25, 0.3) is 0 Å². The van der Waals surface area contributed by atoms with Gasteiger partial charge in [-0.3, -0.25) is 4.68 Å². The molecule has 5 nitrogen and oxygen atoms in total. The summed E-state index contributed by atoms with van der Waals surface area (Å²) in [6.45, 7) is 7.79. The quantitative estimate of drug-likeness (QED) is 0.723. The van der Waals surface area contributed by atoms with Gasteiger partial charge in [-0.1, -0.05) is 0 Å². The Labute approximate surface area is 102 Å². The van der Waals surface area contributed by atoms with Gasteiger partial charge < -0.3 is 15.4 Å². The third-order valence-corrected chi connectivity index (χ3v) is 4.07. The highest BCUT2D eigenvalue weighted by Crippen LogP contribution is 2.37. The number of aryl methyl sites for hydroxylation is 2. The van der Waals surface area contributed by atoms with E-state index in [4.69, 9.17) is 4.74 Å². The van der Waals surface area contributed by atoms with Gasteiger partial charge in [0.15, 0.2) is 0 Å². The smallest absolute Gasteiger partial charge is 0.112 e. The summed E-state index contributed by atoms with van der Waals surface area (Å²) in [4.78, 5) is 0. The minimum atomic E-state index is -0.0587. The molecule has 17 heavy (non-hydrogen) atoms. The number of rotatable bonds is 1. The zero-order chi connectivity index (χ0) is 12.0. The number of hydrogen-bond donors (Lipinski definition) is 2. The van der Waals surface area contributed by atoms with Crippen molar-refractivity contribution in [2.45, 2.75) is 25.5 Å². The molecule has 0 aliphatic carbocycles. The molecule has 0 saturated carbocycles. The summed E-state index contributed by atoms with van der Waals surface area (Å²) in [6, 6.07) is 0.270. The Morgan fingerprint density at radius 2 is 2.18 bits per heavy atom. The zero-order valence-corrected chi connectivity index (χ0v) is 10.7. The van der Waals surface area contributed by atoms with E-state index in [1.807, 2.05) is 11.7 Å². The van der Waals surface area contributed by atoms with Gasteiger partial charge >= 0.3 is 0 Å². The molecule has 3 rings (SSSR count). The lowest BCUT2D eigenvalue weighted by Crippen LogP contribution is -2.69. The van der Waals surface area contributed by atoms with E-state index in [1.54, 1.807) is 0 Å². The van der Waals surface area contributed by atoms with Crippen LogP contribution in [-0.2, 0) is 11.8 Å². The van der Waals surface area contributed by atoms with Crippen molar-refractivity contribution >= 4 is 0 Å². The van der Waals surface area contributed by atoms with Crippen molar-refractivity contribution < 1.29 is 4.74 Å². The van der Waals surface area contributed by atoms with Gasteiger partial charge in [-0.2, -0.15) is 5.10 Å². The summed E-state index contributed by atoms with van der Waals surface area (Å²) in [7, 11) is 2.00. The predicted molar refractivity (Wildman–Crippen MR) is 65.0 cm³/mol. The number of aromatic nitrogens is 2. The molecule has 2 aliphatic rings. The molecule has 2 aliphatic heterocycles. The molecule has 1 aromatic heterocycles. The molecule has 1 spiro atoms. The van der Waals surface area contributed by atoms with Crippen LogP contribution in [0.1, 0.15) is 23.0 Å². The van der Waals surface area contributed by atoms with E-state index in [2.05, 4.69) is 29.6 Å². The lowest BCUT2D eigenvalue weighted by Gasteiger charge is -2.50. The first-order chi connectivity index (χ1) is 8.14. The fourth-order valence-corrected chi connectivity index (χ4v) is 2.98. The van der Waals surface area contributed by atoms with Gasteiger partial charge in [0.1, 0.15) is 5.60 Å². The molecule has 5 heteroatoms. The second-order valence-electron chi connectivity index (χ2n) is 5.11. The molecule has 0 aromatic carbocycles. The Bertz CT molecular complexity index is 436. The minimum absolute atomic E-state index is 0.0587. The molecular formula is C12H20N4O. The Kier molecular flexibility index (Phi) is 2.50. The largest absolute Gasteiger partial charge is 0.369 e. The summed E-state index contributed by atoms with van der Waals surface area (Å²) < 4.78 is 7.98. The second-order valence-corrected chi connectivity index (χ2v) is 5.11. The van der Waals surface area contributed by atoms with Crippen molar-refractivity contribution in [1.29, 1.82) is 0 Å². The van der Waals surface area contributed by atoms with Crippen molar-refractivity contribution in [1.82, 2.24) is 20.4 Å². The van der Waals surface area contributed by atoms with E-state index < -0.39 is 0 Å². The first-order valence-electron chi connectivity index (χ1n) is 6.22. The minimum Gasteiger partial charge on any atom is -0.369 e. The lowest BCUT2D eigenvalue weighted by atomic mass is 9.81. The van der Waals surface area contributed by atoms with Crippen LogP contribution in [0.5, 0.6) is 0 Å². The Hall–Kier alpha value is -0.910. The first kappa shape index (κ1) is 11.2. The molecule has 94 valence electrons. The molecule has 0 radical (unpaired) electrons. The lowest BCUT2D eigenvalue weighted by molar-refractivity contribution is -0.128. The number of nitrogens with zero attached hydrogens (tertiary/aromatic N) is 2. The van der Waals surface area contributed by atoms with Crippen molar-refractivity contribution in [3.8, 4) is 0 Å². The second kappa shape index (κ2) is 3.80. The van der Waals surface area contributed by atoms with Crippen LogP contribution in [0.4, 0.5) is 0 Å². The molecule has 2 fully saturated rings. The summed E-state index contributed by atoms with van der Waals surface area (Å²) in [5.74, 6) is 0. The van der Waals surface area contributed by atoms with E-state index in [9.17, 15) is 0 Å². The fraction of sp³-hybridized carbons (Fsp3) is 0.750. The Balaban J connectivity index is 2.01. The van der Waals surface area contributed by atoms with E-state index in [0.29, 0.717) is 0 Å². The van der Waals surface area contributed by atoms with Gasteiger partial charge in [-0.25, -0.2) is 0 Å². The van der Waals surface area contributed by atoms with E-state index >= 15 is 0 Å². The number of ether oxygens (including phenoxy) is 1. The molecule has 1 aromatic rings. The average Bonchev–Trinajstić information content (AvgIpc) is 2.51. The highest BCUT2D eigenvalue weighted by Gasteiger charge is 2.49. The molecule has 3 heterocycles. The number of hydrogen-bond acceptors (Lipinski definition) is 4. The van der Waals surface area contributed by atoms with Crippen molar-refractivity contribution in [2.75, 3.05) is 26.2 Å². The maximum absolute atomic E-state index is 6.03. The van der Waals surface area contributed by atoms with Crippen LogP contribution in [0.2, 0.25) is 0 Å². The van der Waals surface area contributed by atoms with Gasteiger partial charge in [-0.05, 0) is 13.8 Å². The van der Waals surface area contributed by atoms with Crippen molar-refractivity contribution in [2.24, 2.45) is 7.05 Å². The van der Waals surface area contributed by atoms with Crippen molar-refractivity contribution in [3.63, 3.8) is 0 Å². The predicted octanol–water partition coefficient (Wildman–Crippen LogP) is 0.0398.